The fraction of sp³-hybridized carbons (Fsp3) is 0.800. The van der Waals surface area contributed by atoms with E-state index in [1.807, 2.05) is 12.4 Å². The zero-order chi connectivity index (χ0) is 13.7. The van der Waals surface area contributed by atoms with Crippen LogP contribution in [0, 0.1) is 0 Å². The molecule has 0 spiro atoms. The van der Waals surface area contributed by atoms with Crippen molar-refractivity contribution < 1.29 is 0 Å². The zero-order valence-corrected chi connectivity index (χ0v) is 12.6. The summed E-state index contributed by atoms with van der Waals surface area (Å²) in [5.74, 6) is 1.15. The molecule has 1 heterocycles. The molecule has 4 nitrogen and oxygen atoms in total. The minimum absolute atomic E-state index is 0.616. The minimum Gasteiger partial charge on any atom is -0.337 e. The molecule has 2 rings (SSSR count). The Hall–Kier alpha value is -0.870. The molecule has 2 atom stereocenters. The molecule has 1 aliphatic rings. The Kier molecular flexibility index (Phi) is 5.40. The predicted molar refractivity (Wildman–Crippen MR) is 79.0 cm³/mol. The van der Waals surface area contributed by atoms with Crippen LogP contribution in [0.3, 0.4) is 0 Å². The monoisotopic (exact) mass is 264 g/mol. The topological polar surface area (TPSA) is 33.1 Å². The SMILES string of the molecule is CNC1CCCCCCC1N(C)Cc1nccn1C. The van der Waals surface area contributed by atoms with Gasteiger partial charge in [0.05, 0.1) is 6.54 Å². The highest BCUT2D eigenvalue weighted by molar-refractivity contribution is 4.93. The van der Waals surface area contributed by atoms with Crippen molar-refractivity contribution in [3.05, 3.63) is 18.2 Å². The highest BCUT2D eigenvalue weighted by Crippen LogP contribution is 2.22. The lowest BCUT2D eigenvalue weighted by atomic mass is 9.91. The van der Waals surface area contributed by atoms with Crippen LogP contribution in [0.2, 0.25) is 0 Å². The van der Waals surface area contributed by atoms with Crippen LogP contribution in [0.1, 0.15) is 44.3 Å². The van der Waals surface area contributed by atoms with Gasteiger partial charge in [0.15, 0.2) is 0 Å². The average molecular weight is 264 g/mol. The molecular weight excluding hydrogens is 236 g/mol. The number of aromatic nitrogens is 2. The minimum atomic E-state index is 0.616. The zero-order valence-electron chi connectivity index (χ0n) is 12.6. The second-order valence-electron chi connectivity index (χ2n) is 5.82. The number of aryl methyl sites for hydroxylation is 1. The second kappa shape index (κ2) is 7.06. The Morgan fingerprint density at radius 3 is 2.68 bits per heavy atom. The third-order valence-electron chi connectivity index (χ3n) is 4.48. The van der Waals surface area contributed by atoms with Gasteiger partial charge in [-0.15, -0.1) is 0 Å². The largest absolute Gasteiger partial charge is 0.337 e. The summed E-state index contributed by atoms with van der Waals surface area (Å²) >= 11 is 0. The van der Waals surface area contributed by atoms with Gasteiger partial charge in [0.2, 0.25) is 0 Å². The average Bonchev–Trinajstić information content (AvgIpc) is 2.75. The van der Waals surface area contributed by atoms with Crippen molar-refractivity contribution in [3.63, 3.8) is 0 Å². The fourth-order valence-corrected chi connectivity index (χ4v) is 3.22. The van der Waals surface area contributed by atoms with Crippen LogP contribution >= 0.6 is 0 Å². The molecule has 1 aromatic heterocycles. The Morgan fingerprint density at radius 2 is 2.05 bits per heavy atom. The van der Waals surface area contributed by atoms with Crippen LogP contribution in [0.4, 0.5) is 0 Å². The summed E-state index contributed by atoms with van der Waals surface area (Å²) in [7, 11) is 6.42. The third-order valence-corrected chi connectivity index (χ3v) is 4.48. The van der Waals surface area contributed by atoms with E-state index in [1.54, 1.807) is 0 Å². The van der Waals surface area contributed by atoms with Crippen molar-refractivity contribution in [1.82, 2.24) is 19.8 Å². The quantitative estimate of drug-likeness (QED) is 0.904. The molecule has 1 aliphatic carbocycles. The van der Waals surface area contributed by atoms with Crippen molar-refractivity contribution in [2.24, 2.45) is 7.05 Å². The van der Waals surface area contributed by atoms with Crippen molar-refractivity contribution in [3.8, 4) is 0 Å². The van der Waals surface area contributed by atoms with Crippen molar-refractivity contribution >= 4 is 0 Å². The molecule has 2 unspecified atom stereocenters. The number of nitrogens with one attached hydrogen (secondary N) is 1. The molecule has 0 radical (unpaired) electrons. The summed E-state index contributed by atoms with van der Waals surface area (Å²) in [5.41, 5.74) is 0. The molecule has 1 N–H and O–H groups in total. The molecule has 0 aromatic carbocycles. The number of rotatable bonds is 4. The Balaban J connectivity index is 2.01. The number of likely N-dealkylation sites (N-methyl/N-ethyl adjacent to an activating group) is 2. The van der Waals surface area contributed by atoms with Gasteiger partial charge >= 0.3 is 0 Å². The second-order valence-corrected chi connectivity index (χ2v) is 5.82. The van der Waals surface area contributed by atoms with E-state index in [-0.39, 0.29) is 0 Å². The van der Waals surface area contributed by atoms with Crippen LogP contribution < -0.4 is 5.32 Å². The van der Waals surface area contributed by atoms with Crippen molar-refractivity contribution in [2.75, 3.05) is 14.1 Å². The van der Waals surface area contributed by atoms with Crippen molar-refractivity contribution in [2.45, 2.75) is 57.2 Å². The third kappa shape index (κ3) is 3.80. The Labute approximate surface area is 117 Å². The standard InChI is InChI=1S/C15H28N4/c1-16-13-8-6-4-5-7-9-14(13)19(3)12-15-17-10-11-18(15)2/h10-11,13-14,16H,4-9,12H2,1-3H3. The molecule has 19 heavy (non-hydrogen) atoms. The highest BCUT2D eigenvalue weighted by atomic mass is 15.2. The Bertz CT molecular complexity index is 374. The van der Waals surface area contributed by atoms with Crippen LogP contribution in [0.5, 0.6) is 0 Å². The smallest absolute Gasteiger partial charge is 0.122 e. The molecule has 0 aliphatic heterocycles. The van der Waals surface area contributed by atoms with Gasteiger partial charge in [-0.3, -0.25) is 4.90 Å². The summed E-state index contributed by atoms with van der Waals surface area (Å²) in [6.07, 6.45) is 12.0. The molecular formula is C15H28N4. The van der Waals surface area contributed by atoms with E-state index >= 15 is 0 Å². The number of hydrogen-bond donors (Lipinski definition) is 1. The number of hydrogen-bond acceptors (Lipinski definition) is 3. The first kappa shape index (κ1) is 14.5. The van der Waals surface area contributed by atoms with Gasteiger partial charge in [-0.25, -0.2) is 4.98 Å². The Morgan fingerprint density at radius 1 is 1.32 bits per heavy atom. The maximum absolute atomic E-state index is 4.44. The van der Waals surface area contributed by atoms with Crippen LogP contribution in [0.15, 0.2) is 12.4 Å². The van der Waals surface area contributed by atoms with Gasteiger partial charge in [-0.2, -0.15) is 0 Å². The lowest BCUT2D eigenvalue weighted by Crippen LogP contribution is -2.47. The maximum atomic E-state index is 4.44. The normalized spacial score (nSPS) is 25.3. The van der Waals surface area contributed by atoms with Crippen LogP contribution in [0.25, 0.3) is 0 Å². The van der Waals surface area contributed by atoms with E-state index in [0.29, 0.717) is 12.1 Å². The fourth-order valence-electron chi connectivity index (χ4n) is 3.22. The van der Waals surface area contributed by atoms with E-state index in [4.69, 9.17) is 0 Å². The maximum Gasteiger partial charge on any atom is 0.122 e. The number of nitrogens with zero attached hydrogens (tertiary/aromatic N) is 3. The molecule has 0 amide bonds. The summed E-state index contributed by atoms with van der Waals surface area (Å²) in [5, 5.41) is 3.53. The van der Waals surface area contributed by atoms with E-state index in [2.05, 4.69) is 40.9 Å². The van der Waals surface area contributed by atoms with Gasteiger partial charge < -0.3 is 9.88 Å². The van der Waals surface area contributed by atoms with Gasteiger partial charge in [0.1, 0.15) is 5.82 Å². The molecule has 108 valence electrons. The van der Waals surface area contributed by atoms with Crippen LogP contribution in [-0.2, 0) is 13.6 Å². The summed E-state index contributed by atoms with van der Waals surface area (Å²) in [6, 6.07) is 1.24. The van der Waals surface area contributed by atoms with E-state index in [9.17, 15) is 0 Å². The summed E-state index contributed by atoms with van der Waals surface area (Å²) in [4.78, 5) is 6.93. The molecule has 0 bridgehead atoms. The van der Waals surface area contributed by atoms with Gasteiger partial charge in [0, 0.05) is 31.5 Å². The van der Waals surface area contributed by atoms with Gasteiger partial charge in [-0.05, 0) is 26.9 Å². The molecule has 1 aromatic rings. The predicted octanol–water partition coefficient (Wildman–Crippen LogP) is 2.16. The number of imidazole rings is 1. The highest BCUT2D eigenvalue weighted by Gasteiger charge is 2.25. The van der Waals surface area contributed by atoms with E-state index in [1.165, 1.54) is 38.5 Å². The van der Waals surface area contributed by atoms with E-state index in [0.717, 1.165) is 12.4 Å². The van der Waals surface area contributed by atoms with Crippen LogP contribution in [-0.4, -0.2) is 40.6 Å². The van der Waals surface area contributed by atoms with Gasteiger partial charge in [0.25, 0.3) is 0 Å². The van der Waals surface area contributed by atoms with Gasteiger partial charge in [-0.1, -0.05) is 25.7 Å². The molecule has 1 saturated carbocycles. The molecule has 4 heteroatoms. The summed E-state index contributed by atoms with van der Waals surface area (Å²) < 4.78 is 2.12. The van der Waals surface area contributed by atoms with Crippen molar-refractivity contribution in [1.29, 1.82) is 0 Å². The van der Waals surface area contributed by atoms with E-state index < -0.39 is 0 Å². The lowest BCUT2D eigenvalue weighted by molar-refractivity contribution is 0.156. The first-order valence-electron chi connectivity index (χ1n) is 7.56. The summed E-state index contributed by atoms with van der Waals surface area (Å²) in [6.45, 7) is 0.937. The first-order chi connectivity index (χ1) is 9.22. The first-order valence-corrected chi connectivity index (χ1v) is 7.56. The molecule has 0 saturated heterocycles. The lowest BCUT2D eigenvalue weighted by Gasteiger charge is -2.36. The molecule has 1 fully saturated rings.